The number of carbonyl (C=O) groups excluding carboxylic acids is 4. The van der Waals surface area contributed by atoms with E-state index in [1.165, 1.54) is 36.2 Å². The summed E-state index contributed by atoms with van der Waals surface area (Å²) in [7, 11) is 3.36. The molecular weight excluding hydrogens is 655 g/mol. The summed E-state index contributed by atoms with van der Waals surface area (Å²) in [6, 6.07) is 3.59. The van der Waals surface area contributed by atoms with Crippen molar-refractivity contribution in [3.8, 4) is 0 Å². The molecule has 1 unspecified atom stereocenters. The van der Waals surface area contributed by atoms with Crippen LogP contribution in [-0.2, 0) is 25.7 Å². The van der Waals surface area contributed by atoms with Gasteiger partial charge in [0.25, 0.3) is 12.0 Å². The van der Waals surface area contributed by atoms with E-state index in [0.717, 1.165) is 0 Å². The highest BCUT2D eigenvalue weighted by Crippen LogP contribution is 2.34. The molecule has 12 nitrogen and oxygen atoms in total. The standard InChI is InChI=1S/C35H48F3N7O5/c1-7-45-28(14-15-39-45)33(47)42-30(23-8-10-24(11-9-23)31(37)38)34(48)40-27-13-12-25(18-26(27)36)21(3)29(41-32(46)22(4)50-6)35(49)44-17-16-43(5)20(2)19-44/h12-15,18,20-23,29-30H,7-11,16-17,19H2,1-6H3,(H,40,48)(H,41,46)(H,42,47)/t20-,21+,22+,29-,30?/m1/s1. The molecule has 1 aliphatic carbocycles. The third-order valence-electron chi connectivity index (χ3n) is 10.0. The molecule has 1 aromatic carbocycles. The van der Waals surface area contributed by atoms with E-state index in [1.807, 2.05) is 14.0 Å². The molecule has 2 aromatic rings. The Kier molecular flexibility index (Phi) is 13.2. The van der Waals surface area contributed by atoms with Crippen LogP contribution in [0.1, 0.15) is 75.3 Å². The molecule has 2 fully saturated rings. The number of rotatable bonds is 12. The number of aromatic nitrogens is 2. The second-order valence-corrected chi connectivity index (χ2v) is 13.2. The van der Waals surface area contributed by atoms with Crippen LogP contribution < -0.4 is 16.0 Å². The lowest BCUT2D eigenvalue weighted by molar-refractivity contribution is -0.141. The number of carbonyl (C=O) groups is 4. The van der Waals surface area contributed by atoms with E-state index in [1.54, 1.807) is 31.7 Å². The van der Waals surface area contributed by atoms with E-state index in [0.29, 0.717) is 31.7 Å². The van der Waals surface area contributed by atoms with Crippen LogP contribution in [0.25, 0.3) is 0 Å². The fourth-order valence-electron chi connectivity index (χ4n) is 6.44. The van der Waals surface area contributed by atoms with Crippen molar-refractivity contribution in [2.24, 2.45) is 5.92 Å². The number of allylic oxidation sites excluding steroid dienone is 1. The monoisotopic (exact) mass is 703 g/mol. The van der Waals surface area contributed by atoms with E-state index >= 15 is 4.39 Å². The Balaban J connectivity index is 1.56. The lowest BCUT2D eigenvalue weighted by Gasteiger charge is -2.40. The molecule has 15 heteroatoms. The molecule has 2 heterocycles. The van der Waals surface area contributed by atoms with Gasteiger partial charge in [-0.1, -0.05) is 13.0 Å². The van der Waals surface area contributed by atoms with Gasteiger partial charge in [-0.2, -0.15) is 13.9 Å². The minimum absolute atomic E-state index is 0.0262. The van der Waals surface area contributed by atoms with Crippen molar-refractivity contribution in [2.75, 3.05) is 39.1 Å². The second kappa shape index (κ2) is 17.1. The molecule has 0 bridgehead atoms. The lowest BCUT2D eigenvalue weighted by Crippen LogP contribution is -2.58. The molecule has 4 amide bonds. The SMILES string of the molecule is CCn1nccc1C(=O)NC(C(=O)Nc1ccc([C@H](C)[C@@H](NC(=O)[C@H](C)OC)C(=O)N2CCN(C)[C@H](C)C2)cc1F)C1CCC(=C(F)F)CC1. The van der Waals surface area contributed by atoms with Crippen molar-refractivity contribution >= 4 is 29.3 Å². The number of benzene rings is 1. The van der Waals surface area contributed by atoms with Crippen LogP contribution in [0.5, 0.6) is 0 Å². The third kappa shape index (κ3) is 9.10. The third-order valence-corrected chi connectivity index (χ3v) is 10.0. The molecule has 1 saturated heterocycles. The first-order valence-corrected chi connectivity index (χ1v) is 17.0. The van der Waals surface area contributed by atoms with Gasteiger partial charge >= 0.3 is 0 Å². The van der Waals surface area contributed by atoms with E-state index in [4.69, 9.17) is 4.74 Å². The van der Waals surface area contributed by atoms with Gasteiger partial charge in [-0.3, -0.25) is 23.9 Å². The Morgan fingerprint density at radius 2 is 1.74 bits per heavy atom. The average Bonchev–Trinajstić information content (AvgIpc) is 3.60. The van der Waals surface area contributed by atoms with E-state index in [-0.39, 0.29) is 54.6 Å². The fraction of sp³-hybridized carbons (Fsp3) is 0.571. The van der Waals surface area contributed by atoms with Crippen molar-refractivity contribution < 1.29 is 37.1 Å². The Bertz CT molecular complexity index is 1570. The Labute approximate surface area is 290 Å². The number of aryl methyl sites for hydroxylation is 1. The highest BCUT2D eigenvalue weighted by molar-refractivity contribution is 6.00. The molecular formula is C35H48F3N7O5. The Morgan fingerprint density at radius 3 is 2.34 bits per heavy atom. The number of ether oxygens (including phenoxy) is 1. The van der Waals surface area contributed by atoms with Gasteiger partial charge in [0.1, 0.15) is 29.7 Å². The minimum atomic E-state index is -1.73. The van der Waals surface area contributed by atoms with Crippen LogP contribution in [0.3, 0.4) is 0 Å². The van der Waals surface area contributed by atoms with Crippen molar-refractivity contribution in [3.63, 3.8) is 0 Å². The topological polar surface area (TPSA) is 138 Å². The van der Waals surface area contributed by atoms with Gasteiger partial charge in [0.2, 0.25) is 17.7 Å². The van der Waals surface area contributed by atoms with E-state index in [2.05, 4.69) is 25.9 Å². The van der Waals surface area contributed by atoms with Crippen LogP contribution in [0, 0.1) is 11.7 Å². The Hall–Kier alpha value is -4.24. The first-order chi connectivity index (χ1) is 23.7. The van der Waals surface area contributed by atoms with E-state index in [9.17, 15) is 28.0 Å². The minimum Gasteiger partial charge on any atom is -0.372 e. The maximum atomic E-state index is 15.7. The summed E-state index contributed by atoms with van der Waals surface area (Å²) in [5, 5.41) is 12.2. The number of likely N-dealkylation sites (N-methyl/N-ethyl adjacent to an activating group) is 1. The molecule has 2 aliphatic rings. The number of methoxy groups -OCH3 is 1. The molecule has 0 radical (unpaired) electrons. The molecule has 0 spiro atoms. The zero-order valence-corrected chi connectivity index (χ0v) is 29.5. The quantitative estimate of drug-likeness (QED) is 0.305. The van der Waals surface area contributed by atoms with Gasteiger partial charge in [0.15, 0.2) is 0 Å². The van der Waals surface area contributed by atoms with Crippen LogP contribution in [-0.4, -0.2) is 101 Å². The predicted molar refractivity (Wildman–Crippen MR) is 181 cm³/mol. The lowest BCUT2D eigenvalue weighted by atomic mass is 9.81. The zero-order valence-electron chi connectivity index (χ0n) is 29.5. The van der Waals surface area contributed by atoms with Crippen molar-refractivity contribution in [2.45, 2.75) is 90.1 Å². The Morgan fingerprint density at radius 1 is 1.04 bits per heavy atom. The van der Waals surface area contributed by atoms with Gasteiger partial charge in [-0.15, -0.1) is 0 Å². The summed E-state index contributed by atoms with van der Waals surface area (Å²) >= 11 is 0. The number of nitrogens with zero attached hydrogens (tertiary/aromatic N) is 4. The summed E-state index contributed by atoms with van der Waals surface area (Å²) in [6.45, 7) is 9.10. The number of hydrogen-bond acceptors (Lipinski definition) is 7. The molecule has 3 N–H and O–H groups in total. The summed E-state index contributed by atoms with van der Waals surface area (Å²) in [5.74, 6) is -3.99. The molecule has 1 aromatic heterocycles. The van der Waals surface area contributed by atoms with Crippen LogP contribution >= 0.6 is 0 Å². The normalized spacial score (nSPS) is 20.7. The predicted octanol–water partition coefficient (Wildman–Crippen LogP) is 3.91. The van der Waals surface area contributed by atoms with Crippen molar-refractivity contribution in [1.82, 2.24) is 30.2 Å². The van der Waals surface area contributed by atoms with Crippen molar-refractivity contribution in [1.29, 1.82) is 0 Å². The fourth-order valence-corrected chi connectivity index (χ4v) is 6.44. The molecule has 5 atom stereocenters. The van der Waals surface area contributed by atoms with Crippen molar-refractivity contribution in [3.05, 3.63) is 59.2 Å². The number of amides is 4. The number of piperazine rings is 1. The first-order valence-electron chi connectivity index (χ1n) is 17.0. The zero-order chi connectivity index (χ0) is 36.7. The number of nitrogens with one attached hydrogen (secondary N) is 3. The molecule has 1 saturated carbocycles. The van der Waals surface area contributed by atoms with Crippen LogP contribution in [0.15, 0.2) is 42.1 Å². The molecule has 50 heavy (non-hydrogen) atoms. The summed E-state index contributed by atoms with van der Waals surface area (Å²) < 4.78 is 48.9. The van der Waals surface area contributed by atoms with Gasteiger partial charge in [0.05, 0.1) is 5.69 Å². The van der Waals surface area contributed by atoms with Gasteiger partial charge in [0, 0.05) is 51.4 Å². The largest absolute Gasteiger partial charge is 0.372 e. The summed E-state index contributed by atoms with van der Waals surface area (Å²) in [6.07, 6.45) is -0.484. The molecule has 274 valence electrons. The average molecular weight is 704 g/mol. The van der Waals surface area contributed by atoms with Gasteiger partial charge < -0.3 is 30.5 Å². The number of anilines is 1. The molecule has 4 rings (SSSR count). The smallest absolute Gasteiger partial charge is 0.270 e. The van der Waals surface area contributed by atoms with Crippen LogP contribution in [0.2, 0.25) is 0 Å². The maximum Gasteiger partial charge on any atom is 0.270 e. The molecule has 1 aliphatic heterocycles. The summed E-state index contributed by atoms with van der Waals surface area (Å²) in [4.78, 5) is 57.5. The highest BCUT2D eigenvalue weighted by atomic mass is 19.3. The second-order valence-electron chi connectivity index (χ2n) is 13.2. The van der Waals surface area contributed by atoms with E-state index < -0.39 is 59.6 Å². The highest BCUT2D eigenvalue weighted by Gasteiger charge is 2.37. The first kappa shape index (κ1) is 38.6. The number of halogens is 3. The van der Waals surface area contributed by atoms with Gasteiger partial charge in [-0.05, 0) is 88.8 Å². The maximum absolute atomic E-state index is 15.7. The van der Waals surface area contributed by atoms with Gasteiger partial charge in [-0.25, -0.2) is 4.39 Å². The van der Waals surface area contributed by atoms with Crippen LogP contribution in [0.4, 0.5) is 18.9 Å². The number of hydrogen-bond donors (Lipinski definition) is 3. The summed E-state index contributed by atoms with van der Waals surface area (Å²) in [5.41, 5.74) is 0.494.